The minimum absolute atomic E-state index is 0.0916. The number of amides is 1. The molecule has 0 radical (unpaired) electrons. The van der Waals surface area contributed by atoms with Crippen LogP contribution in [0.3, 0.4) is 0 Å². The molecule has 2 N–H and O–H groups in total. The normalized spacial score (nSPS) is 15.8. The van der Waals surface area contributed by atoms with Gasteiger partial charge in [0.05, 0.1) is 18.3 Å². The summed E-state index contributed by atoms with van der Waals surface area (Å²) in [5.74, 6) is -2.64. The largest absolute Gasteiger partial charge is 0.506 e. The van der Waals surface area contributed by atoms with Crippen LogP contribution in [0.15, 0.2) is 48.8 Å². The number of benzene rings is 2. The number of carbonyl (C=O) groups excluding carboxylic acids is 1. The highest BCUT2D eigenvalue weighted by molar-refractivity contribution is 7.92. The van der Waals surface area contributed by atoms with Crippen molar-refractivity contribution in [3.8, 4) is 16.9 Å². The van der Waals surface area contributed by atoms with Crippen LogP contribution in [0.1, 0.15) is 11.1 Å². The number of aromatic hydroxyl groups is 1. The highest BCUT2D eigenvalue weighted by Gasteiger charge is 2.38. The van der Waals surface area contributed by atoms with E-state index in [2.05, 4.69) is 5.10 Å². The summed E-state index contributed by atoms with van der Waals surface area (Å²) in [7, 11) is -4.35. The molecule has 0 bridgehead atoms. The van der Waals surface area contributed by atoms with E-state index in [0.29, 0.717) is 9.87 Å². The average molecular weight is 470 g/mol. The summed E-state index contributed by atoms with van der Waals surface area (Å²) in [6.45, 7) is -0.590. The molecule has 0 unspecified atom stereocenters. The van der Waals surface area contributed by atoms with Gasteiger partial charge in [-0.25, -0.2) is 13.4 Å². The average Bonchev–Trinajstić information content (AvgIpc) is 3.25. The summed E-state index contributed by atoms with van der Waals surface area (Å²) in [6, 6.07) is 6.77. The maximum atomic E-state index is 15.2. The lowest BCUT2D eigenvalue weighted by atomic mass is 10.1. The third-order valence-corrected chi connectivity index (χ3v) is 6.11. The highest BCUT2D eigenvalue weighted by Crippen LogP contribution is 2.38. The molecule has 13 heteroatoms. The van der Waals surface area contributed by atoms with Gasteiger partial charge >= 0.3 is 16.4 Å². The Morgan fingerprint density at radius 2 is 1.81 bits per heavy atom. The van der Waals surface area contributed by atoms with Crippen LogP contribution in [0, 0.1) is 5.82 Å². The summed E-state index contributed by atoms with van der Waals surface area (Å²) in [5, 5.41) is 14.1. The van der Waals surface area contributed by atoms with Crippen LogP contribution in [-0.2, 0) is 27.7 Å². The number of halogens is 4. The van der Waals surface area contributed by atoms with Crippen molar-refractivity contribution in [2.24, 2.45) is 0 Å². The molecule has 4 rings (SSSR count). The van der Waals surface area contributed by atoms with Crippen LogP contribution >= 0.6 is 0 Å². The van der Waals surface area contributed by atoms with Gasteiger partial charge in [0.15, 0.2) is 5.82 Å². The second-order valence-electron chi connectivity index (χ2n) is 6.95. The second kappa shape index (κ2) is 7.51. The molecule has 1 amide bonds. The quantitative estimate of drug-likeness (QED) is 0.571. The number of phenolic OH excluding ortho intramolecular Hbond substituents is 1. The fourth-order valence-corrected chi connectivity index (χ4v) is 4.40. The summed E-state index contributed by atoms with van der Waals surface area (Å²) in [4.78, 5) is 11.5. The SMILES string of the molecule is O=C1CN(c2c(O)ccc(-c3cnn(Cc4ccc(C(F)(F)F)cc4)c3)c2F)S(=O)(=O)N1. The minimum atomic E-state index is -4.45. The van der Waals surface area contributed by atoms with E-state index in [4.69, 9.17) is 0 Å². The van der Waals surface area contributed by atoms with Crippen molar-refractivity contribution in [3.63, 3.8) is 0 Å². The Bertz CT molecular complexity index is 1300. The lowest BCUT2D eigenvalue weighted by molar-refractivity contribution is -0.137. The predicted molar refractivity (Wildman–Crippen MR) is 104 cm³/mol. The predicted octanol–water partition coefficient (Wildman–Crippen LogP) is 2.64. The summed E-state index contributed by atoms with van der Waals surface area (Å²) >= 11 is 0. The van der Waals surface area contributed by atoms with Crippen LogP contribution < -0.4 is 9.03 Å². The van der Waals surface area contributed by atoms with Gasteiger partial charge in [-0.3, -0.25) is 9.48 Å². The standard InChI is InChI=1S/C19H14F4N4O4S/c20-17-14(5-6-15(28)18(17)27-10-16(29)25-32(27,30)31)12-7-24-26(9-12)8-11-1-3-13(4-2-11)19(21,22)23/h1-7,9,28H,8,10H2,(H,25,29). The van der Waals surface area contributed by atoms with Crippen molar-refractivity contribution in [3.05, 3.63) is 65.7 Å². The van der Waals surface area contributed by atoms with Gasteiger partial charge in [0, 0.05) is 17.3 Å². The highest BCUT2D eigenvalue weighted by atomic mass is 32.2. The third kappa shape index (κ3) is 3.98. The zero-order chi connectivity index (χ0) is 23.3. The molecule has 1 aliphatic heterocycles. The first-order valence-corrected chi connectivity index (χ1v) is 10.4. The first kappa shape index (κ1) is 21.6. The van der Waals surface area contributed by atoms with Gasteiger partial charge in [-0.2, -0.15) is 26.7 Å². The molecule has 1 aromatic heterocycles. The van der Waals surface area contributed by atoms with E-state index in [1.54, 1.807) is 4.72 Å². The number of carbonyl (C=O) groups is 1. The molecular weight excluding hydrogens is 456 g/mol. The van der Waals surface area contributed by atoms with Crippen LogP contribution in [0.2, 0.25) is 0 Å². The lowest BCUT2D eigenvalue weighted by Gasteiger charge is -2.18. The van der Waals surface area contributed by atoms with E-state index >= 15 is 4.39 Å². The van der Waals surface area contributed by atoms with E-state index in [0.717, 1.165) is 18.2 Å². The monoisotopic (exact) mass is 470 g/mol. The Hall–Kier alpha value is -3.61. The van der Waals surface area contributed by atoms with Crippen LogP contribution in [0.4, 0.5) is 23.2 Å². The number of phenols is 1. The number of hydrogen-bond acceptors (Lipinski definition) is 5. The smallest absolute Gasteiger partial charge is 0.416 e. The molecule has 1 saturated heterocycles. The molecule has 3 aromatic rings. The second-order valence-corrected chi connectivity index (χ2v) is 8.55. The van der Waals surface area contributed by atoms with E-state index < -0.39 is 51.7 Å². The van der Waals surface area contributed by atoms with Crippen LogP contribution in [-0.4, -0.2) is 35.8 Å². The third-order valence-electron chi connectivity index (χ3n) is 4.73. The first-order chi connectivity index (χ1) is 15.0. The fraction of sp³-hybridized carbons (Fsp3) is 0.158. The number of anilines is 1. The van der Waals surface area contributed by atoms with Crippen LogP contribution in [0.5, 0.6) is 5.75 Å². The van der Waals surface area contributed by atoms with Gasteiger partial charge in [0.2, 0.25) is 0 Å². The van der Waals surface area contributed by atoms with Crippen LogP contribution in [0.25, 0.3) is 11.1 Å². The van der Waals surface area contributed by atoms with Gasteiger partial charge in [-0.15, -0.1) is 0 Å². The molecule has 2 heterocycles. The van der Waals surface area contributed by atoms with Gasteiger partial charge in [-0.1, -0.05) is 12.1 Å². The number of rotatable bonds is 4. The van der Waals surface area contributed by atoms with Crippen molar-refractivity contribution in [1.29, 1.82) is 0 Å². The van der Waals surface area contributed by atoms with E-state index in [9.17, 15) is 31.5 Å². The fourth-order valence-electron chi connectivity index (χ4n) is 3.24. The zero-order valence-electron chi connectivity index (χ0n) is 16.0. The van der Waals surface area contributed by atoms with Gasteiger partial charge in [0.1, 0.15) is 18.0 Å². The van der Waals surface area contributed by atoms with Gasteiger partial charge in [0.25, 0.3) is 5.91 Å². The van der Waals surface area contributed by atoms with Gasteiger partial charge < -0.3 is 5.11 Å². The van der Waals surface area contributed by atoms with Crippen molar-refractivity contribution < 1.29 is 35.9 Å². The van der Waals surface area contributed by atoms with Gasteiger partial charge in [-0.05, 0) is 29.8 Å². The molecule has 0 spiro atoms. The molecule has 168 valence electrons. The Morgan fingerprint density at radius 1 is 1.12 bits per heavy atom. The Kier molecular flexibility index (Phi) is 5.07. The molecule has 1 fully saturated rings. The van der Waals surface area contributed by atoms with Crippen molar-refractivity contribution in [1.82, 2.24) is 14.5 Å². The molecule has 0 aliphatic carbocycles. The number of nitrogens with one attached hydrogen (secondary N) is 1. The maximum absolute atomic E-state index is 15.2. The molecular formula is C19H14F4N4O4S. The van der Waals surface area contributed by atoms with E-state index in [1.165, 1.54) is 35.3 Å². The summed E-state index contributed by atoms with van der Waals surface area (Å²) in [6.07, 6.45) is -1.75. The number of alkyl halides is 3. The lowest BCUT2D eigenvalue weighted by Crippen LogP contribution is -2.30. The minimum Gasteiger partial charge on any atom is -0.506 e. The number of hydrogen-bond donors (Lipinski definition) is 2. The summed E-state index contributed by atoms with van der Waals surface area (Å²) < 4.78 is 80.8. The number of aromatic nitrogens is 2. The summed E-state index contributed by atoms with van der Waals surface area (Å²) in [5.41, 5.74) is -0.813. The molecule has 2 aromatic carbocycles. The van der Waals surface area contributed by atoms with E-state index in [1.807, 2.05) is 0 Å². The number of nitrogens with zero attached hydrogens (tertiary/aromatic N) is 3. The zero-order valence-corrected chi connectivity index (χ0v) is 16.8. The Morgan fingerprint density at radius 3 is 2.41 bits per heavy atom. The Labute approximate surface area is 178 Å². The molecule has 1 aliphatic rings. The van der Waals surface area contributed by atoms with Crippen molar-refractivity contribution in [2.45, 2.75) is 12.7 Å². The molecule has 0 saturated carbocycles. The first-order valence-electron chi connectivity index (χ1n) is 8.99. The Balaban J connectivity index is 1.63. The molecule has 8 nitrogen and oxygen atoms in total. The van der Waals surface area contributed by atoms with Crippen molar-refractivity contribution >= 4 is 21.8 Å². The van der Waals surface area contributed by atoms with Crippen molar-refractivity contribution in [2.75, 3.05) is 10.8 Å². The topological polar surface area (TPSA) is 105 Å². The molecule has 32 heavy (non-hydrogen) atoms. The maximum Gasteiger partial charge on any atom is 0.416 e. The molecule has 0 atom stereocenters. The van der Waals surface area contributed by atoms with E-state index in [-0.39, 0.29) is 17.7 Å².